The summed E-state index contributed by atoms with van der Waals surface area (Å²) in [6, 6.07) is 8.46. The number of hydrogen-bond donors (Lipinski definition) is 0. The van der Waals surface area contributed by atoms with Gasteiger partial charge in [0.25, 0.3) is 0 Å². The molecule has 0 aliphatic carbocycles. The molecule has 1 saturated heterocycles. The molecule has 21 heavy (non-hydrogen) atoms. The number of halogens is 1. The van der Waals surface area contributed by atoms with Crippen molar-refractivity contribution in [2.24, 2.45) is 0 Å². The summed E-state index contributed by atoms with van der Waals surface area (Å²) in [6.45, 7) is 7.31. The zero-order chi connectivity index (χ0) is 15.4. The highest BCUT2D eigenvalue weighted by Crippen LogP contribution is 2.23. The van der Waals surface area contributed by atoms with Crippen LogP contribution in [0.4, 0.5) is 0 Å². The predicted molar refractivity (Wildman–Crippen MR) is 88.5 cm³/mol. The lowest BCUT2D eigenvalue weighted by Crippen LogP contribution is -2.47. The summed E-state index contributed by atoms with van der Waals surface area (Å²) in [5.74, 6) is -0.249. The van der Waals surface area contributed by atoms with Crippen LogP contribution in [0.25, 0.3) is 0 Å². The van der Waals surface area contributed by atoms with Gasteiger partial charge in [0.15, 0.2) is 0 Å². The molecule has 0 spiro atoms. The van der Waals surface area contributed by atoms with Crippen LogP contribution in [0.2, 0.25) is 0 Å². The molecule has 0 bridgehead atoms. The first-order chi connectivity index (χ1) is 9.97. The minimum Gasteiger partial charge on any atom is -0.458 e. The molecule has 3 atom stereocenters. The van der Waals surface area contributed by atoms with Gasteiger partial charge in [-0.05, 0) is 51.8 Å². The van der Waals surface area contributed by atoms with Crippen molar-refractivity contribution in [2.75, 3.05) is 6.54 Å². The van der Waals surface area contributed by atoms with Gasteiger partial charge in [0, 0.05) is 23.1 Å². The second-order valence-electron chi connectivity index (χ2n) is 6.05. The predicted octanol–water partition coefficient (Wildman–Crippen LogP) is 4.26. The fourth-order valence-corrected chi connectivity index (χ4v) is 3.43. The number of piperidine rings is 1. The Balaban J connectivity index is 1.92. The third kappa shape index (κ3) is 4.55. The lowest BCUT2D eigenvalue weighted by molar-refractivity contribution is 0.00811. The minimum absolute atomic E-state index is 0.0977. The molecule has 1 fully saturated rings. The van der Waals surface area contributed by atoms with E-state index in [4.69, 9.17) is 4.74 Å². The van der Waals surface area contributed by atoms with E-state index in [0.717, 1.165) is 11.0 Å². The summed E-state index contributed by atoms with van der Waals surface area (Å²) in [4.78, 5) is 14.6. The largest absolute Gasteiger partial charge is 0.458 e. The summed E-state index contributed by atoms with van der Waals surface area (Å²) in [5.41, 5.74) is 0.593. The molecule has 0 saturated carbocycles. The van der Waals surface area contributed by atoms with Crippen LogP contribution in [0.1, 0.15) is 50.4 Å². The molecule has 1 aromatic carbocycles. The molecule has 1 aromatic rings. The smallest absolute Gasteiger partial charge is 0.338 e. The van der Waals surface area contributed by atoms with E-state index in [1.807, 2.05) is 19.1 Å². The van der Waals surface area contributed by atoms with Crippen molar-refractivity contribution >= 4 is 21.9 Å². The summed E-state index contributed by atoms with van der Waals surface area (Å²) >= 11 is 3.38. The highest BCUT2D eigenvalue weighted by atomic mass is 79.9. The molecule has 0 radical (unpaired) electrons. The molecule has 0 amide bonds. The first-order valence-electron chi connectivity index (χ1n) is 7.69. The van der Waals surface area contributed by atoms with Gasteiger partial charge in [0.1, 0.15) is 6.10 Å². The maximum Gasteiger partial charge on any atom is 0.338 e. The van der Waals surface area contributed by atoms with Crippen LogP contribution >= 0.6 is 15.9 Å². The second-order valence-corrected chi connectivity index (χ2v) is 6.97. The van der Waals surface area contributed by atoms with Gasteiger partial charge in [-0.3, -0.25) is 4.90 Å². The Morgan fingerprint density at radius 1 is 1.38 bits per heavy atom. The average molecular weight is 354 g/mol. The zero-order valence-electron chi connectivity index (χ0n) is 13.0. The monoisotopic (exact) mass is 353 g/mol. The van der Waals surface area contributed by atoms with E-state index < -0.39 is 0 Å². The first kappa shape index (κ1) is 16.5. The Kier molecular flexibility index (Phi) is 5.82. The van der Waals surface area contributed by atoms with E-state index in [-0.39, 0.29) is 12.1 Å². The molecule has 4 heteroatoms. The summed E-state index contributed by atoms with van der Waals surface area (Å²) < 4.78 is 6.48. The number of nitrogens with zero attached hydrogens (tertiary/aromatic N) is 1. The van der Waals surface area contributed by atoms with Gasteiger partial charge in [-0.2, -0.15) is 0 Å². The minimum atomic E-state index is -0.249. The number of likely N-dealkylation sites (tertiary alicyclic amines) is 1. The van der Waals surface area contributed by atoms with Crippen LogP contribution in [-0.2, 0) is 4.74 Å². The van der Waals surface area contributed by atoms with Crippen LogP contribution in [0.3, 0.4) is 0 Å². The normalized spacial score (nSPS) is 24.6. The van der Waals surface area contributed by atoms with Gasteiger partial charge in [0.05, 0.1) is 5.56 Å². The number of benzene rings is 1. The quantitative estimate of drug-likeness (QED) is 0.757. The van der Waals surface area contributed by atoms with Crippen LogP contribution in [0.5, 0.6) is 0 Å². The number of rotatable bonds is 4. The van der Waals surface area contributed by atoms with E-state index in [1.165, 1.54) is 19.3 Å². The zero-order valence-corrected chi connectivity index (χ0v) is 14.6. The van der Waals surface area contributed by atoms with Gasteiger partial charge in [-0.25, -0.2) is 4.79 Å². The molecule has 2 rings (SSSR count). The molecular weight excluding hydrogens is 330 g/mol. The highest BCUT2D eigenvalue weighted by molar-refractivity contribution is 9.10. The molecule has 116 valence electrons. The van der Waals surface area contributed by atoms with Crippen molar-refractivity contribution in [1.82, 2.24) is 4.90 Å². The van der Waals surface area contributed by atoms with Crippen LogP contribution in [-0.4, -0.2) is 35.6 Å². The summed E-state index contributed by atoms with van der Waals surface area (Å²) in [6.07, 6.45) is 3.66. The SMILES string of the molecule is C[C@H](CN1[C@@H](C)CCC[C@@H]1C)OC(=O)c1cccc(Br)c1. The van der Waals surface area contributed by atoms with E-state index in [9.17, 15) is 4.79 Å². The van der Waals surface area contributed by atoms with Crippen molar-refractivity contribution < 1.29 is 9.53 Å². The molecule has 1 aliphatic heterocycles. The number of carbonyl (C=O) groups excluding carboxylic acids is 1. The number of carbonyl (C=O) groups is 1. The van der Waals surface area contributed by atoms with Crippen molar-refractivity contribution in [3.8, 4) is 0 Å². The first-order valence-corrected chi connectivity index (χ1v) is 8.49. The molecule has 0 aromatic heterocycles. The maximum atomic E-state index is 12.2. The summed E-state index contributed by atoms with van der Waals surface area (Å²) in [7, 11) is 0. The fraction of sp³-hybridized carbons (Fsp3) is 0.588. The molecular formula is C17H24BrNO2. The van der Waals surface area contributed by atoms with E-state index in [1.54, 1.807) is 12.1 Å². The maximum absolute atomic E-state index is 12.2. The molecule has 1 aliphatic rings. The van der Waals surface area contributed by atoms with Gasteiger partial charge >= 0.3 is 5.97 Å². The topological polar surface area (TPSA) is 29.5 Å². The molecule has 1 heterocycles. The molecule has 3 nitrogen and oxygen atoms in total. The summed E-state index contributed by atoms with van der Waals surface area (Å²) in [5, 5.41) is 0. The van der Waals surface area contributed by atoms with Crippen molar-refractivity contribution in [3.05, 3.63) is 34.3 Å². The van der Waals surface area contributed by atoms with Gasteiger partial charge in [-0.1, -0.05) is 28.4 Å². The third-order valence-corrected chi connectivity index (χ3v) is 4.71. The van der Waals surface area contributed by atoms with Crippen LogP contribution in [0.15, 0.2) is 28.7 Å². The van der Waals surface area contributed by atoms with Gasteiger partial charge in [0.2, 0.25) is 0 Å². The number of esters is 1. The van der Waals surface area contributed by atoms with Crippen molar-refractivity contribution in [1.29, 1.82) is 0 Å². The average Bonchev–Trinajstić information content (AvgIpc) is 2.43. The third-order valence-electron chi connectivity index (χ3n) is 4.21. The Hall–Kier alpha value is -0.870. The van der Waals surface area contributed by atoms with Gasteiger partial charge < -0.3 is 4.74 Å². The lowest BCUT2D eigenvalue weighted by atomic mass is 9.97. The Morgan fingerprint density at radius 3 is 2.67 bits per heavy atom. The van der Waals surface area contributed by atoms with Gasteiger partial charge in [-0.15, -0.1) is 0 Å². The molecule has 0 unspecified atom stereocenters. The second kappa shape index (κ2) is 7.41. The van der Waals surface area contributed by atoms with Crippen molar-refractivity contribution in [2.45, 2.75) is 58.2 Å². The standard InChI is InChI=1S/C17H24BrNO2/c1-12-6-4-7-13(2)19(12)11-14(3)21-17(20)15-8-5-9-16(18)10-15/h5,8-10,12-14H,4,6-7,11H2,1-3H3/t12-,13-,14+/m0/s1. The Bertz CT molecular complexity index is 481. The Labute approximate surface area is 135 Å². The number of ether oxygens (including phenoxy) is 1. The van der Waals surface area contributed by atoms with Crippen LogP contribution < -0.4 is 0 Å². The van der Waals surface area contributed by atoms with E-state index in [0.29, 0.717) is 17.6 Å². The van der Waals surface area contributed by atoms with Crippen molar-refractivity contribution in [3.63, 3.8) is 0 Å². The van der Waals surface area contributed by atoms with E-state index in [2.05, 4.69) is 34.7 Å². The molecule has 0 N–H and O–H groups in total. The highest BCUT2D eigenvalue weighted by Gasteiger charge is 2.26. The Morgan fingerprint density at radius 2 is 2.05 bits per heavy atom. The van der Waals surface area contributed by atoms with Crippen LogP contribution in [0, 0.1) is 0 Å². The van der Waals surface area contributed by atoms with E-state index >= 15 is 0 Å². The lowest BCUT2D eigenvalue weighted by Gasteiger charge is -2.40. The fourth-order valence-electron chi connectivity index (χ4n) is 3.04. The number of hydrogen-bond acceptors (Lipinski definition) is 3.